The largest absolute Gasteiger partial charge is 0.336 e. The summed E-state index contributed by atoms with van der Waals surface area (Å²) in [5.41, 5.74) is 5.07. The summed E-state index contributed by atoms with van der Waals surface area (Å²) < 4.78 is 0. The van der Waals surface area contributed by atoms with Gasteiger partial charge in [-0.15, -0.1) is 0 Å². The molecule has 0 amide bonds. The van der Waals surface area contributed by atoms with Gasteiger partial charge in [0.25, 0.3) is 0 Å². The fourth-order valence-electron chi connectivity index (χ4n) is 3.92. The summed E-state index contributed by atoms with van der Waals surface area (Å²) in [5, 5.41) is 2.46. The number of fused-ring (bicyclic) bond motifs is 2. The van der Waals surface area contributed by atoms with Gasteiger partial charge in [0, 0.05) is 29.6 Å². The van der Waals surface area contributed by atoms with Crippen LogP contribution in [0.1, 0.15) is 21.5 Å². The molecule has 1 aliphatic rings. The van der Waals surface area contributed by atoms with Crippen LogP contribution in [0.4, 0.5) is 5.69 Å². The number of allylic oxidation sites excluding steroid dienone is 2. The van der Waals surface area contributed by atoms with Crippen molar-refractivity contribution in [1.29, 1.82) is 0 Å². The van der Waals surface area contributed by atoms with E-state index in [2.05, 4.69) is 65.6 Å². The number of ketones is 1. The van der Waals surface area contributed by atoms with E-state index in [-0.39, 0.29) is 5.78 Å². The van der Waals surface area contributed by atoms with Crippen molar-refractivity contribution in [3.63, 3.8) is 0 Å². The minimum atomic E-state index is 0.0122. The average molecular weight is 387 g/mol. The van der Waals surface area contributed by atoms with E-state index in [1.165, 1.54) is 16.3 Å². The van der Waals surface area contributed by atoms with Gasteiger partial charge < -0.3 is 4.90 Å². The molecule has 144 valence electrons. The zero-order valence-corrected chi connectivity index (χ0v) is 16.5. The Kier molecular flexibility index (Phi) is 4.74. The van der Waals surface area contributed by atoms with Crippen molar-refractivity contribution in [2.75, 3.05) is 4.90 Å². The van der Waals surface area contributed by atoms with Gasteiger partial charge in [0.2, 0.25) is 0 Å². The molecule has 0 aliphatic carbocycles. The number of anilines is 1. The SMILES string of the molecule is O=C(/C=C1\C=Cc2ccccc2N1Cc1ccc2ccccc2c1)c1ccccc1. The first kappa shape index (κ1) is 18.1. The Labute approximate surface area is 176 Å². The van der Waals surface area contributed by atoms with Crippen LogP contribution in [0.15, 0.2) is 115 Å². The Morgan fingerprint density at radius 3 is 2.33 bits per heavy atom. The molecule has 0 fully saturated rings. The van der Waals surface area contributed by atoms with Gasteiger partial charge in [-0.25, -0.2) is 0 Å². The van der Waals surface area contributed by atoms with Crippen molar-refractivity contribution >= 4 is 28.3 Å². The number of hydrogen-bond acceptors (Lipinski definition) is 2. The number of carbonyl (C=O) groups is 1. The molecule has 2 heteroatoms. The quantitative estimate of drug-likeness (QED) is 0.289. The molecule has 0 saturated heterocycles. The van der Waals surface area contributed by atoms with E-state index in [1.807, 2.05) is 48.5 Å². The second kappa shape index (κ2) is 7.84. The maximum absolute atomic E-state index is 12.9. The van der Waals surface area contributed by atoms with Crippen molar-refractivity contribution in [1.82, 2.24) is 0 Å². The summed E-state index contributed by atoms with van der Waals surface area (Å²) >= 11 is 0. The fraction of sp³-hybridized carbons (Fsp3) is 0.0357. The molecule has 4 aromatic rings. The number of benzene rings is 4. The lowest BCUT2D eigenvalue weighted by Gasteiger charge is -2.30. The summed E-state index contributed by atoms with van der Waals surface area (Å²) in [6.45, 7) is 0.695. The predicted octanol–water partition coefficient (Wildman–Crippen LogP) is 6.64. The molecule has 0 unspecified atom stereocenters. The van der Waals surface area contributed by atoms with E-state index in [4.69, 9.17) is 0 Å². The van der Waals surface area contributed by atoms with Crippen LogP contribution in [0.2, 0.25) is 0 Å². The smallest absolute Gasteiger partial charge is 0.187 e. The van der Waals surface area contributed by atoms with Crippen molar-refractivity contribution in [2.24, 2.45) is 0 Å². The highest BCUT2D eigenvalue weighted by atomic mass is 16.1. The lowest BCUT2D eigenvalue weighted by atomic mass is 10.0. The minimum absolute atomic E-state index is 0.0122. The highest BCUT2D eigenvalue weighted by molar-refractivity contribution is 6.05. The monoisotopic (exact) mass is 387 g/mol. The van der Waals surface area contributed by atoms with E-state index in [1.54, 1.807) is 6.08 Å². The predicted molar refractivity (Wildman–Crippen MR) is 124 cm³/mol. The number of nitrogens with zero attached hydrogens (tertiary/aromatic N) is 1. The van der Waals surface area contributed by atoms with E-state index in [0.717, 1.165) is 16.9 Å². The maximum Gasteiger partial charge on any atom is 0.187 e. The highest BCUT2D eigenvalue weighted by Gasteiger charge is 2.19. The Morgan fingerprint density at radius 2 is 1.47 bits per heavy atom. The molecule has 1 heterocycles. The van der Waals surface area contributed by atoms with E-state index < -0.39 is 0 Å². The molecule has 30 heavy (non-hydrogen) atoms. The van der Waals surface area contributed by atoms with Gasteiger partial charge in [-0.05, 0) is 40.1 Å². The molecule has 0 atom stereocenters. The lowest BCUT2D eigenvalue weighted by Crippen LogP contribution is -2.24. The zero-order valence-electron chi connectivity index (χ0n) is 16.5. The van der Waals surface area contributed by atoms with E-state index in [9.17, 15) is 4.79 Å². The summed E-state index contributed by atoms with van der Waals surface area (Å²) in [4.78, 5) is 15.1. The maximum atomic E-state index is 12.9. The van der Waals surface area contributed by atoms with Crippen LogP contribution in [0, 0.1) is 0 Å². The first-order valence-corrected chi connectivity index (χ1v) is 10.1. The number of carbonyl (C=O) groups excluding carboxylic acids is 1. The van der Waals surface area contributed by atoms with Gasteiger partial charge in [-0.3, -0.25) is 4.79 Å². The standard InChI is InChI=1S/C28H21NO/c30-28(24-10-2-1-3-11-24)19-26-17-16-23-9-6-7-13-27(23)29(26)20-21-14-15-22-8-4-5-12-25(22)18-21/h1-19H,20H2/b26-19+. The molecule has 0 N–H and O–H groups in total. The molecule has 5 rings (SSSR count). The molecule has 1 aliphatic heterocycles. The molecule has 0 spiro atoms. The molecule has 2 nitrogen and oxygen atoms in total. The van der Waals surface area contributed by atoms with Gasteiger partial charge in [0.15, 0.2) is 5.78 Å². The molecule has 0 saturated carbocycles. The van der Waals surface area contributed by atoms with Crippen LogP contribution in [0.25, 0.3) is 16.8 Å². The van der Waals surface area contributed by atoms with Gasteiger partial charge in [-0.1, -0.05) is 91.0 Å². The minimum Gasteiger partial charge on any atom is -0.336 e. The Morgan fingerprint density at radius 1 is 0.733 bits per heavy atom. The third kappa shape index (κ3) is 3.56. The van der Waals surface area contributed by atoms with Gasteiger partial charge >= 0.3 is 0 Å². The molecule has 0 radical (unpaired) electrons. The molecule has 4 aromatic carbocycles. The summed E-state index contributed by atoms with van der Waals surface area (Å²) in [7, 11) is 0. The highest BCUT2D eigenvalue weighted by Crippen LogP contribution is 2.33. The second-order valence-electron chi connectivity index (χ2n) is 7.46. The fourth-order valence-corrected chi connectivity index (χ4v) is 3.92. The van der Waals surface area contributed by atoms with Crippen LogP contribution in [-0.2, 0) is 6.54 Å². The van der Waals surface area contributed by atoms with Crippen LogP contribution in [0.5, 0.6) is 0 Å². The first-order valence-electron chi connectivity index (χ1n) is 10.1. The Bertz CT molecular complexity index is 1280. The van der Waals surface area contributed by atoms with Gasteiger partial charge in [0.05, 0.1) is 0 Å². The first-order chi connectivity index (χ1) is 14.8. The van der Waals surface area contributed by atoms with Crippen LogP contribution in [-0.4, -0.2) is 5.78 Å². The molecule has 0 aromatic heterocycles. The average Bonchev–Trinajstić information content (AvgIpc) is 2.81. The van der Waals surface area contributed by atoms with E-state index >= 15 is 0 Å². The third-order valence-electron chi connectivity index (χ3n) is 5.46. The van der Waals surface area contributed by atoms with Crippen molar-refractivity contribution in [3.8, 4) is 0 Å². The molecule has 0 bridgehead atoms. The third-order valence-corrected chi connectivity index (χ3v) is 5.46. The summed E-state index contributed by atoms with van der Waals surface area (Å²) in [5.74, 6) is 0.0122. The summed E-state index contributed by atoms with van der Waals surface area (Å²) in [6, 6.07) is 32.7. The van der Waals surface area contributed by atoms with Crippen molar-refractivity contribution < 1.29 is 4.79 Å². The van der Waals surface area contributed by atoms with Crippen molar-refractivity contribution in [3.05, 3.63) is 132 Å². The van der Waals surface area contributed by atoms with Crippen LogP contribution < -0.4 is 4.90 Å². The number of rotatable bonds is 4. The number of para-hydroxylation sites is 1. The lowest BCUT2D eigenvalue weighted by molar-refractivity contribution is 0.104. The van der Waals surface area contributed by atoms with Crippen molar-refractivity contribution in [2.45, 2.75) is 6.54 Å². The molecular weight excluding hydrogens is 366 g/mol. The zero-order chi connectivity index (χ0) is 20.3. The van der Waals surface area contributed by atoms with Crippen LogP contribution in [0.3, 0.4) is 0 Å². The van der Waals surface area contributed by atoms with Gasteiger partial charge in [0.1, 0.15) is 0 Å². The summed E-state index contributed by atoms with van der Waals surface area (Å²) in [6.07, 6.45) is 5.85. The number of hydrogen-bond donors (Lipinski definition) is 0. The Hall–Kier alpha value is -3.91. The second-order valence-corrected chi connectivity index (χ2v) is 7.46. The topological polar surface area (TPSA) is 20.3 Å². The van der Waals surface area contributed by atoms with Crippen LogP contribution >= 0.6 is 0 Å². The van der Waals surface area contributed by atoms with Gasteiger partial charge in [-0.2, -0.15) is 0 Å². The Balaban J connectivity index is 1.54. The molecular formula is C28H21NO. The van der Waals surface area contributed by atoms with E-state index in [0.29, 0.717) is 12.1 Å². The normalized spacial score (nSPS) is 14.1.